The minimum Gasteiger partial charge on any atom is -0.398 e. The maximum absolute atomic E-state index is 12.3. The summed E-state index contributed by atoms with van der Waals surface area (Å²) in [7, 11) is 0. The van der Waals surface area contributed by atoms with Crippen LogP contribution in [0.4, 0.5) is 11.5 Å². The number of hydrogen-bond acceptors (Lipinski definition) is 4. The molecule has 1 aromatic heterocycles. The number of rotatable bonds is 4. The first kappa shape index (κ1) is 14.1. The van der Waals surface area contributed by atoms with Gasteiger partial charge >= 0.3 is 0 Å². The number of hydrogen-bond donors (Lipinski definition) is 2. The summed E-state index contributed by atoms with van der Waals surface area (Å²) in [6.45, 7) is 5.88. The summed E-state index contributed by atoms with van der Waals surface area (Å²) in [5, 5.41) is 3.14. The molecule has 0 aliphatic carbocycles. The van der Waals surface area contributed by atoms with Gasteiger partial charge < -0.3 is 15.6 Å². The van der Waals surface area contributed by atoms with Gasteiger partial charge in [0.1, 0.15) is 0 Å². The van der Waals surface area contributed by atoms with Gasteiger partial charge in [-0.1, -0.05) is 18.2 Å². The van der Waals surface area contributed by atoms with Crippen LogP contribution in [0.2, 0.25) is 0 Å². The molecule has 0 spiro atoms. The van der Waals surface area contributed by atoms with E-state index in [4.69, 9.17) is 5.73 Å². The molecule has 0 bridgehead atoms. The Labute approximate surface area is 118 Å². The third-order valence-corrected chi connectivity index (χ3v) is 3.24. The Morgan fingerprint density at radius 2 is 1.95 bits per heavy atom. The molecule has 0 fully saturated rings. The predicted molar refractivity (Wildman–Crippen MR) is 81.8 cm³/mol. The molecule has 5 heteroatoms. The van der Waals surface area contributed by atoms with Crippen molar-refractivity contribution in [3.05, 3.63) is 52.6 Å². The molecule has 3 N–H and O–H groups in total. The molecule has 0 aliphatic heterocycles. The molecule has 1 unspecified atom stereocenters. The average Bonchev–Trinajstić information content (AvgIpc) is 2.41. The van der Waals surface area contributed by atoms with E-state index in [1.807, 2.05) is 45.0 Å². The first-order valence-corrected chi connectivity index (χ1v) is 6.68. The Morgan fingerprint density at radius 3 is 2.60 bits per heavy atom. The fourth-order valence-corrected chi connectivity index (χ4v) is 2.12. The van der Waals surface area contributed by atoms with Gasteiger partial charge in [0.25, 0.3) is 5.56 Å². The van der Waals surface area contributed by atoms with Crippen molar-refractivity contribution < 1.29 is 0 Å². The Morgan fingerprint density at radius 1 is 1.25 bits per heavy atom. The molecule has 0 saturated carbocycles. The van der Waals surface area contributed by atoms with Crippen LogP contribution in [0.3, 0.4) is 0 Å². The van der Waals surface area contributed by atoms with Gasteiger partial charge in [-0.2, -0.15) is 0 Å². The van der Waals surface area contributed by atoms with Gasteiger partial charge in [-0.15, -0.1) is 0 Å². The van der Waals surface area contributed by atoms with Gasteiger partial charge in [-0.25, -0.2) is 4.98 Å². The van der Waals surface area contributed by atoms with Gasteiger partial charge in [-0.05, 0) is 32.4 Å². The number of anilines is 2. The van der Waals surface area contributed by atoms with Crippen LogP contribution < -0.4 is 16.6 Å². The second-order valence-corrected chi connectivity index (χ2v) is 5.08. The van der Waals surface area contributed by atoms with Crippen molar-refractivity contribution in [1.82, 2.24) is 9.55 Å². The summed E-state index contributed by atoms with van der Waals surface area (Å²) in [4.78, 5) is 16.4. The smallest absolute Gasteiger partial charge is 0.293 e. The van der Waals surface area contributed by atoms with Crippen LogP contribution in [-0.4, -0.2) is 9.55 Å². The molecule has 20 heavy (non-hydrogen) atoms. The third-order valence-electron chi connectivity index (χ3n) is 3.24. The van der Waals surface area contributed by atoms with Gasteiger partial charge in [-0.3, -0.25) is 4.79 Å². The van der Waals surface area contributed by atoms with E-state index in [1.165, 1.54) is 0 Å². The SMILES string of the molecule is CC(Nc1nccn(C(C)C)c1=O)c1ccccc1N. The summed E-state index contributed by atoms with van der Waals surface area (Å²) in [5.74, 6) is 0.344. The molecule has 0 saturated heterocycles. The Balaban J connectivity index is 2.29. The standard InChI is InChI=1S/C15H20N4O/c1-10(2)19-9-8-17-14(15(19)20)18-11(3)12-6-4-5-7-13(12)16/h4-11H,16H2,1-3H3,(H,17,18). The predicted octanol–water partition coefficient (Wildman–Crippen LogP) is 2.58. The normalized spacial score (nSPS) is 12.4. The van der Waals surface area contributed by atoms with E-state index in [0.29, 0.717) is 11.5 Å². The highest BCUT2D eigenvalue weighted by atomic mass is 16.1. The lowest BCUT2D eigenvalue weighted by Gasteiger charge is -2.17. The number of nitrogen functional groups attached to an aromatic ring is 1. The minimum absolute atomic E-state index is 0.0839. The first-order valence-electron chi connectivity index (χ1n) is 6.68. The quantitative estimate of drug-likeness (QED) is 0.839. The minimum atomic E-state index is -0.121. The molecule has 0 radical (unpaired) electrons. The van der Waals surface area contributed by atoms with E-state index in [1.54, 1.807) is 17.0 Å². The fraction of sp³-hybridized carbons (Fsp3) is 0.333. The zero-order valence-corrected chi connectivity index (χ0v) is 12.0. The van der Waals surface area contributed by atoms with Crippen molar-refractivity contribution in [2.45, 2.75) is 32.9 Å². The lowest BCUT2D eigenvalue weighted by atomic mass is 10.1. The maximum atomic E-state index is 12.3. The topological polar surface area (TPSA) is 72.9 Å². The molecule has 0 amide bonds. The largest absolute Gasteiger partial charge is 0.398 e. The summed E-state index contributed by atoms with van der Waals surface area (Å²) in [6, 6.07) is 7.62. The van der Waals surface area contributed by atoms with Gasteiger partial charge in [0.2, 0.25) is 0 Å². The number of nitrogens with two attached hydrogens (primary N) is 1. The Kier molecular flexibility index (Phi) is 4.08. The van der Waals surface area contributed by atoms with Gasteiger partial charge in [0.15, 0.2) is 5.82 Å². The highest BCUT2D eigenvalue weighted by molar-refractivity contribution is 5.50. The average molecular weight is 272 g/mol. The van der Waals surface area contributed by atoms with Gasteiger partial charge in [0.05, 0.1) is 6.04 Å². The van der Waals surface area contributed by atoms with Crippen LogP contribution in [0, 0.1) is 0 Å². The Bertz CT molecular complexity index is 648. The van der Waals surface area contributed by atoms with E-state index in [9.17, 15) is 4.79 Å². The van der Waals surface area contributed by atoms with Crippen molar-refractivity contribution in [1.29, 1.82) is 0 Å². The summed E-state index contributed by atoms with van der Waals surface area (Å²) in [5.41, 5.74) is 7.48. The molecule has 2 aromatic rings. The second kappa shape index (κ2) is 5.77. The molecule has 1 heterocycles. The zero-order valence-electron chi connectivity index (χ0n) is 12.0. The summed E-state index contributed by atoms with van der Waals surface area (Å²) >= 11 is 0. The van der Waals surface area contributed by atoms with E-state index in [2.05, 4.69) is 10.3 Å². The summed E-state index contributed by atoms with van der Waals surface area (Å²) < 4.78 is 1.65. The lowest BCUT2D eigenvalue weighted by Crippen LogP contribution is -2.26. The van der Waals surface area contributed by atoms with Crippen LogP contribution >= 0.6 is 0 Å². The first-order chi connectivity index (χ1) is 9.50. The number of benzene rings is 1. The van der Waals surface area contributed by atoms with Crippen LogP contribution in [0.5, 0.6) is 0 Å². The molecule has 1 aromatic carbocycles. The van der Waals surface area contributed by atoms with Crippen molar-refractivity contribution in [2.24, 2.45) is 0 Å². The molecule has 1 atom stereocenters. The van der Waals surface area contributed by atoms with E-state index >= 15 is 0 Å². The zero-order chi connectivity index (χ0) is 14.7. The third kappa shape index (κ3) is 2.82. The van der Waals surface area contributed by atoms with Crippen molar-refractivity contribution in [2.75, 3.05) is 11.1 Å². The highest BCUT2D eigenvalue weighted by Gasteiger charge is 2.12. The van der Waals surface area contributed by atoms with Crippen molar-refractivity contribution >= 4 is 11.5 Å². The molecule has 2 rings (SSSR count). The maximum Gasteiger partial charge on any atom is 0.293 e. The van der Waals surface area contributed by atoms with E-state index in [0.717, 1.165) is 5.56 Å². The lowest BCUT2D eigenvalue weighted by molar-refractivity contribution is 0.574. The van der Waals surface area contributed by atoms with E-state index in [-0.39, 0.29) is 17.6 Å². The van der Waals surface area contributed by atoms with Crippen LogP contribution in [0.25, 0.3) is 0 Å². The van der Waals surface area contributed by atoms with Crippen LogP contribution in [0.1, 0.15) is 38.4 Å². The van der Waals surface area contributed by atoms with E-state index < -0.39 is 0 Å². The number of nitrogens with zero attached hydrogens (tertiary/aromatic N) is 2. The molecule has 0 aliphatic rings. The molecular formula is C15H20N4O. The monoisotopic (exact) mass is 272 g/mol. The van der Waals surface area contributed by atoms with Gasteiger partial charge in [0, 0.05) is 24.1 Å². The van der Waals surface area contributed by atoms with Crippen molar-refractivity contribution in [3.63, 3.8) is 0 Å². The number of para-hydroxylation sites is 1. The van der Waals surface area contributed by atoms with Crippen LogP contribution in [0.15, 0.2) is 41.5 Å². The Hall–Kier alpha value is -2.30. The fourth-order valence-electron chi connectivity index (χ4n) is 2.12. The number of nitrogens with one attached hydrogen (secondary N) is 1. The van der Waals surface area contributed by atoms with Crippen molar-refractivity contribution in [3.8, 4) is 0 Å². The second-order valence-electron chi connectivity index (χ2n) is 5.08. The number of aromatic nitrogens is 2. The molecule has 106 valence electrons. The highest BCUT2D eigenvalue weighted by Crippen LogP contribution is 2.21. The molecule has 5 nitrogen and oxygen atoms in total. The molecular weight excluding hydrogens is 252 g/mol. The summed E-state index contributed by atoms with van der Waals surface area (Å²) in [6.07, 6.45) is 3.32. The van der Waals surface area contributed by atoms with Crippen LogP contribution in [-0.2, 0) is 0 Å².